The maximum absolute atomic E-state index is 11.1. The van der Waals surface area contributed by atoms with Gasteiger partial charge in [0, 0.05) is 37.7 Å². The molecule has 0 aliphatic carbocycles. The molecule has 1 aliphatic rings. The molecule has 0 amide bonds. The molecule has 0 spiro atoms. The summed E-state index contributed by atoms with van der Waals surface area (Å²) in [6.45, 7) is 2.84. The van der Waals surface area contributed by atoms with Gasteiger partial charge in [-0.25, -0.2) is 0 Å². The lowest BCUT2D eigenvalue weighted by atomic mass is 9.87. The molecule has 1 aliphatic heterocycles. The van der Waals surface area contributed by atoms with Crippen molar-refractivity contribution in [1.29, 1.82) is 0 Å². The van der Waals surface area contributed by atoms with Gasteiger partial charge in [-0.15, -0.1) is 0 Å². The van der Waals surface area contributed by atoms with Gasteiger partial charge in [-0.3, -0.25) is 0 Å². The van der Waals surface area contributed by atoms with Crippen LogP contribution in [-0.2, 0) is 12.8 Å². The third-order valence-corrected chi connectivity index (χ3v) is 5.77. The van der Waals surface area contributed by atoms with Crippen LogP contribution in [0.1, 0.15) is 24.2 Å². The van der Waals surface area contributed by atoms with E-state index in [0.717, 1.165) is 61.7 Å². The van der Waals surface area contributed by atoms with Crippen molar-refractivity contribution in [2.45, 2.75) is 31.3 Å². The molecular formula is C24H28N2O3. The minimum Gasteiger partial charge on any atom is -0.497 e. The first-order chi connectivity index (χ1) is 14.1. The van der Waals surface area contributed by atoms with E-state index in [9.17, 15) is 5.11 Å². The number of aliphatic hydroxyl groups is 1. The summed E-state index contributed by atoms with van der Waals surface area (Å²) >= 11 is 0. The fourth-order valence-electron chi connectivity index (χ4n) is 3.94. The number of rotatable bonds is 7. The van der Waals surface area contributed by atoms with Crippen LogP contribution >= 0.6 is 0 Å². The average Bonchev–Trinajstić information content (AvgIpc) is 3.22. The van der Waals surface area contributed by atoms with E-state index in [1.807, 2.05) is 36.4 Å². The Hall–Kier alpha value is -2.63. The zero-order chi connectivity index (χ0) is 20.1. The van der Waals surface area contributed by atoms with Gasteiger partial charge in [-0.1, -0.05) is 47.6 Å². The number of likely N-dealkylation sites (tertiary alicyclic amines) is 1. The lowest BCUT2D eigenvalue weighted by molar-refractivity contribution is -0.0244. The predicted octanol–water partition coefficient (Wildman–Crippen LogP) is 3.96. The number of hydrogen-bond acceptors (Lipinski definition) is 5. The lowest BCUT2D eigenvalue weighted by Gasteiger charge is -2.37. The Morgan fingerprint density at radius 2 is 1.86 bits per heavy atom. The van der Waals surface area contributed by atoms with Crippen LogP contribution in [0.25, 0.3) is 11.3 Å². The molecule has 5 heteroatoms. The van der Waals surface area contributed by atoms with Crippen LogP contribution in [-0.4, -0.2) is 47.5 Å². The first kappa shape index (κ1) is 19.7. The van der Waals surface area contributed by atoms with Crippen molar-refractivity contribution in [3.05, 3.63) is 72.0 Å². The third-order valence-electron chi connectivity index (χ3n) is 5.77. The van der Waals surface area contributed by atoms with E-state index in [2.05, 4.69) is 34.3 Å². The van der Waals surface area contributed by atoms with Gasteiger partial charge >= 0.3 is 0 Å². The minimum absolute atomic E-state index is 0.497. The lowest BCUT2D eigenvalue weighted by Crippen LogP contribution is -2.46. The number of ether oxygens (including phenoxy) is 1. The zero-order valence-electron chi connectivity index (χ0n) is 16.9. The molecule has 2 heterocycles. The van der Waals surface area contributed by atoms with Crippen molar-refractivity contribution in [2.75, 3.05) is 26.7 Å². The van der Waals surface area contributed by atoms with Gasteiger partial charge in [-0.05, 0) is 37.0 Å². The number of piperidine rings is 1. The molecule has 1 fully saturated rings. The molecule has 1 saturated heterocycles. The smallest absolute Gasteiger partial charge is 0.140 e. The summed E-state index contributed by atoms with van der Waals surface area (Å²) in [6.07, 6.45) is 3.04. The fraction of sp³-hybridized carbons (Fsp3) is 0.375. The van der Waals surface area contributed by atoms with Crippen molar-refractivity contribution in [3.8, 4) is 17.0 Å². The number of hydrogen-bond donors (Lipinski definition) is 1. The van der Waals surface area contributed by atoms with Gasteiger partial charge in [-0.2, -0.15) is 0 Å². The van der Waals surface area contributed by atoms with E-state index in [-0.39, 0.29) is 0 Å². The summed E-state index contributed by atoms with van der Waals surface area (Å²) in [4.78, 5) is 2.43. The summed E-state index contributed by atoms with van der Waals surface area (Å²) in [5.41, 5.74) is 2.35. The van der Waals surface area contributed by atoms with Gasteiger partial charge in [0.2, 0.25) is 0 Å². The van der Waals surface area contributed by atoms with Crippen LogP contribution in [0.15, 0.2) is 65.2 Å². The van der Waals surface area contributed by atoms with Gasteiger partial charge < -0.3 is 19.3 Å². The van der Waals surface area contributed by atoms with Crippen LogP contribution in [0.3, 0.4) is 0 Å². The molecular weight excluding hydrogens is 364 g/mol. The van der Waals surface area contributed by atoms with E-state index < -0.39 is 5.60 Å². The number of aromatic nitrogens is 1. The summed E-state index contributed by atoms with van der Waals surface area (Å²) in [5.74, 6) is 1.51. The molecule has 0 saturated carbocycles. The van der Waals surface area contributed by atoms with Crippen molar-refractivity contribution in [3.63, 3.8) is 0 Å². The van der Waals surface area contributed by atoms with Gasteiger partial charge in [0.25, 0.3) is 0 Å². The van der Waals surface area contributed by atoms with Crippen LogP contribution < -0.4 is 4.74 Å². The second-order valence-electron chi connectivity index (χ2n) is 7.89. The average molecular weight is 392 g/mol. The van der Waals surface area contributed by atoms with E-state index in [0.29, 0.717) is 6.42 Å². The quantitative estimate of drug-likeness (QED) is 0.659. The molecule has 152 valence electrons. The number of methoxy groups -OCH3 is 1. The first-order valence-corrected chi connectivity index (χ1v) is 10.2. The number of benzene rings is 2. The topological polar surface area (TPSA) is 58.7 Å². The Labute approximate surface area is 171 Å². The van der Waals surface area contributed by atoms with E-state index >= 15 is 0 Å². The Bertz CT molecular complexity index is 915. The molecule has 5 nitrogen and oxygen atoms in total. The third kappa shape index (κ3) is 5.05. The van der Waals surface area contributed by atoms with Crippen molar-refractivity contribution >= 4 is 0 Å². The SMILES string of the molecule is COc1cccc(-c2cc(CC3(O)CCN(CCc4ccccc4)CC3)on2)c1. The highest BCUT2D eigenvalue weighted by Crippen LogP contribution is 2.29. The molecule has 0 radical (unpaired) electrons. The molecule has 0 unspecified atom stereocenters. The number of nitrogens with zero attached hydrogens (tertiary/aromatic N) is 2. The Morgan fingerprint density at radius 3 is 2.62 bits per heavy atom. The molecule has 3 aromatic rings. The summed E-state index contributed by atoms with van der Waals surface area (Å²) < 4.78 is 10.8. The standard InChI is InChI=1S/C24H28N2O3/c1-28-21-9-5-8-20(16-21)23-17-22(29-25-23)18-24(27)11-14-26(15-12-24)13-10-19-6-3-2-4-7-19/h2-9,16-17,27H,10-15,18H2,1H3. The second kappa shape index (κ2) is 8.80. The first-order valence-electron chi connectivity index (χ1n) is 10.2. The summed E-state index contributed by atoms with van der Waals surface area (Å²) in [5, 5.41) is 15.2. The van der Waals surface area contributed by atoms with Gasteiger partial charge in [0.15, 0.2) is 0 Å². The van der Waals surface area contributed by atoms with Crippen molar-refractivity contribution in [2.24, 2.45) is 0 Å². The maximum Gasteiger partial charge on any atom is 0.140 e. The zero-order valence-corrected chi connectivity index (χ0v) is 16.9. The summed E-state index contributed by atoms with van der Waals surface area (Å²) in [6, 6.07) is 20.2. The molecule has 0 atom stereocenters. The maximum atomic E-state index is 11.1. The normalized spacial score (nSPS) is 16.6. The largest absolute Gasteiger partial charge is 0.497 e. The Morgan fingerprint density at radius 1 is 1.07 bits per heavy atom. The van der Waals surface area contributed by atoms with E-state index in [4.69, 9.17) is 9.26 Å². The predicted molar refractivity (Wildman–Crippen MR) is 113 cm³/mol. The van der Waals surface area contributed by atoms with Gasteiger partial charge in [0.05, 0.1) is 12.7 Å². The molecule has 1 N–H and O–H groups in total. The monoisotopic (exact) mass is 392 g/mol. The highest BCUT2D eigenvalue weighted by atomic mass is 16.5. The molecule has 1 aromatic heterocycles. The molecule has 4 rings (SSSR count). The van der Waals surface area contributed by atoms with Crippen LogP contribution in [0.5, 0.6) is 5.75 Å². The van der Waals surface area contributed by atoms with E-state index in [1.165, 1.54) is 5.56 Å². The highest BCUT2D eigenvalue weighted by Gasteiger charge is 2.33. The Balaban J connectivity index is 1.31. The second-order valence-corrected chi connectivity index (χ2v) is 7.89. The minimum atomic E-state index is -0.728. The molecule has 29 heavy (non-hydrogen) atoms. The molecule has 0 bridgehead atoms. The van der Waals surface area contributed by atoms with Crippen LogP contribution in [0.2, 0.25) is 0 Å². The van der Waals surface area contributed by atoms with Crippen LogP contribution in [0.4, 0.5) is 0 Å². The van der Waals surface area contributed by atoms with Crippen molar-refractivity contribution in [1.82, 2.24) is 10.1 Å². The summed E-state index contributed by atoms with van der Waals surface area (Å²) in [7, 11) is 1.65. The van der Waals surface area contributed by atoms with E-state index in [1.54, 1.807) is 7.11 Å². The van der Waals surface area contributed by atoms with Gasteiger partial charge in [0.1, 0.15) is 17.2 Å². The fourth-order valence-corrected chi connectivity index (χ4v) is 3.94. The Kier molecular flexibility index (Phi) is 5.97. The highest BCUT2D eigenvalue weighted by molar-refractivity contribution is 5.60. The molecule has 2 aromatic carbocycles. The van der Waals surface area contributed by atoms with Crippen molar-refractivity contribution < 1.29 is 14.4 Å². The van der Waals surface area contributed by atoms with Crippen LogP contribution in [0, 0.1) is 0 Å².